The van der Waals surface area contributed by atoms with Gasteiger partial charge in [0.2, 0.25) is 5.91 Å². The molecule has 1 spiro atoms. The highest BCUT2D eigenvalue weighted by Crippen LogP contribution is 2.64. The average molecular weight is 542 g/mol. The summed E-state index contributed by atoms with van der Waals surface area (Å²) in [5, 5.41) is 19.5. The Bertz CT molecular complexity index is 1070. The lowest BCUT2D eigenvalue weighted by molar-refractivity contribution is -0.155. The molecule has 214 valence electrons. The number of fused-ring (bicyclic) bond motifs is 1. The zero-order valence-electron chi connectivity index (χ0n) is 23.5. The molecule has 5 atom stereocenters. The number of likely N-dealkylation sites (tertiary alicyclic amines) is 1. The number of amides is 2. The van der Waals surface area contributed by atoms with E-state index in [4.69, 9.17) is 4.74 Å². The Balaban J connectivity index is 1.74. The molecule has 3 fully saturated rings. The third-order valence-corrected chi connectivity index (χ3v) is 9.11. The van der Waals surface area contributed by atoms with Crippen molar-refractivity contribution >= 4 is 29.2 Å². The molecule has 3 aliphatic heterocycles. The van der Waals surface area contributed by atoms with E-state index < -0.39 is 35.0 Å². The summed E-state index contributed by atoms with van der Waals surface area (Å²) < 4.78 is 6.64. The predicted molar refractivity (Wildman–Crippen MR) is 150 cm³/mol. The number of aliphatic carboxylic acids is 1. The van der Waals surface area contributed by atoms with E-state index in [1.807, 2.05) is 31.2 Å². The summed E-state index contributed by atoms with van der Waals surface area (Å²) in [7, 11) is 0. The van der Waals surface area contributed by atoms with Crippen LogP contribution in [0.1, 0.15) is 59.3 Å². The fourth-order valence-electron chi connectivity index (χ4n) is 7.22. The molecule has 4 rings (SSSR count). The molecule has 0 aliphatic carbocycles. The molecule has 3 aliphatic rings. The normalized spacial score (nSPS) is 29.0. The van der Waals surface area contributed by atoms with Gasteiger partial charge in [0.1, 0.15) is 17.6 Å². The molecule has 0 radical (unpaired) electrons. The molecule has 2 amide bonds. The first kappa shape index (κ1) is 29.1. The number of anilines is 2. The highest BCUT2D eigenvalue weighted by Gasteiger charge is 2.79. The van der Waals surface area contributed by atoms with Gasteiger partial charge in [-0.2, -0.15) is 0 Å². The highest BCUT2D eigenvalue weighted by molar-refractivity contribution is 6.04. The van der Waals surface area contributed by atoms with E-state index in [1.165, 1.54) is 0 Å². The van der Waals surface area contributed by atoms with Crippen molar-refractivity contribution in [2.75, 3.05) is 42.6 Å². The Hall–Kier alpha value is -2.91. The van der Waals surface area contributed by atoms with Crippen LogP contribution in [0.5, 0.6) is 0 Å². The molecule has 0 saturated carbocycles. The molecule has 3 heterocycles. The highest BCUT2D eigenvalue weighted by atomic mass is 16.5. The lowest BCUT2D eigenvalue weighted by Crippen LogP contribution is -2.56. The molecular weight excluding hydrogens is 498 g/mol. The number of unbranched alkanes of at least 4 members (excludes halogenated alkanes) is 2. The molecule has 2 N–H and O–H groups in total. The summed E-state index contributed by atoms with van der Waals surface area (Å²) >= 11 is 0. The zero-order chi connectivity index (χ0) is 28.4. The van der Waals surface area contributed by atoms with E-state index in [9.17, 15) is 24.6 Å². The molecule has 39 heavy (non-hydrogen) atoms. The van der Waals surface area contributed by atoms with Crippen molar-refractivity contribution in [3.05, 3.63) is 36.9 Å². The minimum Gasteiger partial charge on any atom is -0.481 e. The summed E-state index contributed by atoms with van der Waals surface area (Å²) in [5.74, 6) is -3.51. The molecule has 1 aromatic rings. The fourth-order valence-corrected chi connectivity index (χ4v) is 7.22. The third-order valence-electron chi connectivity index (χ3n) is 9.11. The number of rotatable bonds is 14. The number of hydrogen-bond donors (Lipinski definition) is 2. The Kier molecular flexibility index (Phi) is 8.71. The number of carboxylic acid groups (broad SMARTS) is 1. The number of hydrogen-bond acceptors (Lipinski definition) is 6. The summed E-state index contributed by atoms with van der Waals surface area (Å²) in [6.07, 6.45) is 5.01. The van der Waals surface area contributed by atoms with Crippen LogP contribution in [0.4, 0.5) is 11.4 Å². The minimum absolute atomic E-state index is 0.0582. The first-order chi connectivity index (χ1) is 18.7. The maximum Gasteiger partial charge on any atom is 0.310 e. The van der Waals surface area contributed by atoms with Crippen LogP contribution < -0.4 is 9.80 Å². The van der Waals surface area contributed by atoms with Crippen molar-refractivity contribution in [3.8, 4) is 0 Å². The van der Waals surface area contributed by atoms with Crippen LogP contribution in [0.15, 0.2) is 36.9 Å². The maximum absolute atomic E-state index is 14.5. The van der Waals surface area contributed by atoms with Gasteiger partial charge < -0.3 is 29.6 Å². The smallest absolute Gasteiger partial charge is 0.310 e. The SMILES string of the molecule is C=CCN(C(=O)C1N(CCCCCO)C(=O)[C@@H]2[C@H](C(=O)O)[C@]3(CC)CCC12O3)c1ccc(N(CC)CC)cc1. The van der Waals surface area contributed by atoms with E-state index in [1.54, 1.807) is 15.9 Å². The molecule has 3 saturated heterocycles. The van der Waals surface area contributed by atoms with Crippen LogP contribution in [0.3, 0.4) is 0 Å². The minimum atomic E-state index is -1.18. The number of carbonyl (C=O) groups excluding carboxylic acids is 2. The van der Waals surface area contributed by atoms with Crippen molar-refractivity contribution in [1.82, 2.24) is 4.90 Å². The first-order valence-electron chi connectivity index (χ1n) is 14.4. The summed E-state index contributed by atoms with van der Waals surface area (Å²) in [5.41, 5.74) is -0.370. The monoisotopic (exact) mass is 541 g/mol. The number of aliphatic hydroxyl groups is 1. The Morgan fingerprint density at radius 1 is 1.10 bits per heavy atom. The van der Waals surface area contributed by atoms with Gasteiger partial charge in [0.15, 0.2) is 0 Å². The maximum atomic E-state index is 14.5. The second-order valence-corrected chi connectivity index (χ2v) is 10.9. The van der Waals surface area contributed by atoms with Crippen LogP contribution >= 0.6 is 0 Å². The van der Waals surface area contributed by atoms with Crippen molar-refractivity contribution in [1.29, 1.82) is 0 Å². The van der Waals surface area contributed by atoms with Crippen molar-refractivity contribution < 1.29 is 29.3 Å². The second kappa shape index (κ2) is 11.7. The lowest BCUT2D eigenvalue weighted by Gasteiger charge is -2.37. The average Bonchev–Trinajstić information content (AvgIpc) is 3.54. The van der Waals surface area contributed by atoms with E-state index in [-0.39, 0.29) is 25.0 Å². The second-order valence-electron chi connectivity index (χ2n) is 10.9. The van der Waals surface area contributed by atoms with Gasteiger partial charge in [-0.1, -0.05) is 13.0 Å². The summed E-state index contributed by atoms with van der Waals surface area (Å²) in [4.78, 5) is 46.4. The molecule has 1 aromatic carbocycles. The number of ether oxygens (including phenoxy) is 1. The van der Waals surface area contributed by atoms with Crippen molar-refractivity contribution in [2.45, 2.75) is 76.5 Å². The van der Waals surface area contributed by atoms with Crippen molar-refractivity contribution in [2.24, 2.45) is 11.8 Å². The third kappa shape index (κ3) is 4.73. The van der Waals surface area contributed by atoms with Gasteiger partial charge in [-0.3, -0.25) is 14.4 Å². The Morgan fingerprint density at radius 2 is 1.77 bits per heavy atom. The Labute approximate surface area is 231 Å². The quantitative estimate of drug-likeness (QED) is 0.274. The fraction of sp³-hybridized carbons (Fsp3) is 0.633. The number of aliphatic hydroxyl groups excluding tert-OH is 1. The van der Waals surface area contributed by atoms with Crippen molar-refractivity contribution in [3.63, 3.8) is 0 Å². The van der Waals surface area contributed by atoms with Gasteiger partial charge in [-0.15, -0.1) is 6.58 Å². The first-order valence-corrected chi connectivity index (χ1v) is 14.4. The number of carbonyl (C=O) groups is 3. The van der Waals surface area contributed by atoms with Crippen LogP contribution in [-0.2, 0) is 19.1 Å². The molecule has 0 aromatic heterocycles. The standard InChI is InChI=1S/C30H43N3O6/c1-5-18-32(22-14-12-21(13-15-22)31(7-3)8-4)27(36)25-30-17-16-29(6-2,39-30)24(28(37)38)23(30)26(35)33(25)19-10-9-11-20-34/h5,12-15,23-25,34H,1,6-11,16-20H2,2-4H3,(H,37,38)/t23-,24+,25?,29-,30?/m0/s1. The largest absolute Gasteiger partial charge is 0.481 e. The topological polar surface area (TPSA) is 111 Å². The van der Waals surface area contributed by atoms with Gasteiger partial charge in [0.25, 0.3) is 5.91 Å². The van der Waals surface area contributed by atoms with Crippen LogP contribution in [0.25, 0.3) is 0 Å². The Morgan fingerprint density at radius 3 is 2.33 bits per heavy atom. The van der Waals surface area contributed by atoms with Crippen LogP contribution in [0, 0.1) is 11.8 Å². The van der Waals surface area contributed by atoms with Crippen LogP contribution in [0.2, 0.25) is 0 Å². The van der Waals surface area contributed by atoms with E-state index >= 15 is 0 Å². The molecule has 2 unspecified atom stereocenters. The predicted octanol–water partition coefficient (Wildman–Crippen LogP) is 3.45. The number of nitrogens with zero attached hydrogens (tertiary/aromatic N) is 3. The molecule has 9 heteroatoms. The van der Waals surface area contributed by atoms with Gasteiger partial charge in [0, 0.05) is 44.2 Å². The summed E-state index contributed by atoms with van der Waals surface area (Å²) in [6, 6.07) is 6.87. The van der Waals surface area contributed by atoms with Gasteiger partial charge in [-0.05, 0) is 76.6 Å². The van der Waals surface area contributed by atoms with Gasteiger partial charge in [0.05, 0.1) is 11.5 Å². The lowest BCUT2D eigenvalue weighted by atomic mass is 9.65. The van der Waals surface area contributed by atoms with Gasteiger partial charge >= 0.3 is 5.97 Å². The molecular formula is C30H43N3O6. The van der Waals surface area contributed by atoms with E-state index in [2.05, 4.69) is 25.3 Å². The summed E-state index contributed by atoms with van der Waals surface area (Å²) in [6.45, 7) is 12.3. The van der Waals surface area contributed by atoms with Crippen LogP contribution in [-0.4, -0.2) is 82.9 Å². The number of carboxylic acids is 1. The number of benzene rings is 1. The van der Waals surface area contributed by atoms with E-state index in [0.29, 0.717) is 50.8 Å². The zero-order valence-corrected chi connectivity index (χ0v) is 23.5. The molecule has 2 bridgehead atoms. The van der Waals surface area contributed by atoms with Gasteiger partial charge in [-0.25, -0.2) is 0 Å². The molecule has 9 nitrogen and oxygen atoms in total. The van der Waals surface area contributed by atoms with E-state index in [0.717, 1.165) is 18.8 Å².